The summed E-state index contributed by atoms with van der Waals surface area (Å²) in [6.07, 6.45) is 0. The van der Waals surface area contributed by atoms with E-state index in [2.05, 4.69) is 5.32 Å². The maximum absolute atomic E-state index is 13.6. The van der Waals surface area contributed by atoms with Crippen LogP contribution in [-0.2, 0) is 26.2 Å². The van der Waals surface area contributed by atoms with E-state index in [0.717, 1.165) is 4.31 Å². The van der Waals surface area contributed by atoms with Gasteiger partial charge in [-0.3, -0.25) is 13.9 Å². The van der Waals surface area contributed by atoms with Gasteiger partial charge in [0.15, 0.2) is 11.5 Å². The van der Waals surface area contributed by atoms with Gasteiger partial charge in [-0.15, -0.1) is 0 Å². The van der Waals surface area contributed by atoms with E-state index in [1.165, 1.54) is 17.9 Å². The van der Waals surface area contributed by atoms with E-state index in [9.17, 15) is 18.0 Å². The smallest absolute Gasteiger partial charge is 0.244 e. The molecule has 1 atom stereocenters. The van der Waals surface area contributed by atoms with Crippen molar-refractivity contribution in [3.8, 4) is 11.5 Å². The summed E-state index contributed by atoms with van der Waals surface area (Å²) in [6.45, 7) is 5.39. The molecule has 36 heavy (non-hydrogen) atoms. The predicted octanol–water partition coefficient (Wildman–Crippen LogP) is 3.47. The third-order valence-corrected chi connectivity index (χ3v) is 8.00. The minimum absolute atomic E-state index is 0.0196. The van der Waals surface area contributed by atoms with Crippen molar-refractivity contribution in [2.45, 2.75) is 33.4 Å². The molecule has 0 spiro atoms. The molecule has 12 heteroatoms. The lowest BCUT2D eigenvalue weighted by Crippen LogP contribution is -2.51. The highest BCUT2D eigenvalue weighted by atomic mass is 35.5. The van der Waals surface area contributed by atoms with Gasteiger partial charge in [0.25, 0.3) is 0 Å². The lowest BCUT2D eigenvalue weighted by molar-refractivity contribution is -0.139. The number of anilines is 1. The zero-order valence-corrected chi connectivity index (χ0v) is 22.6. The van der Waals surface area contributed by atoms with Gasteiger partial charge in [-0.25, -0.2) is 8.42 Å². The molecule has 3 rings (SSSR count). The zero-order valence-electron chi connectivity index (χ0n) is 20.3. The SMILES string of the molecule is CCNC(=O)[C@H](C)N(Cc1ccc(Cl)cc1Cl)C(=O)CN(c1ccc2c(c1)OCCO2)S(=O)(=O)CC. The highest BCUT2D eigenvalue weighted by Gasteiger charge is 2.31. The largest absolute Gasteiger partial charge is 0.486 e. The predicted molar refractivity (Wildman–Crippen MR) is 139 cm³/mol. The van der Waals surface area contributed by atoms with Gasteiger partial charge < -0.3 is 19.7 Å². The highest BCUT2D eigenvalue weighted by Crippen LogP contribution is 2.35. The number of carbonyl (C=O) groups is 2. The number of fused-ring (bicyclic) bond motifs is 1. The minimum atomic E-state index is -3.87. The van der Waals surface area contributed by atoms with Crippen molar-refractivity contribution in [1.29, 1.82) is 0 Å². The van der Waals surface area contributed by atoms with Gasteiger partial charge in [0.1, 0.15) is 25.8 Å². The maximum atomic E-state index is 13.6. The lowest BCUT2D eigenvalue weighted by Gasteiger charge is -2.32. The quantitative estimate of drug-likeness (QED) is 0.479. The van der Waals surface area contributed by atoms with Crippen molar-refractivity contribution in [1.82, 2.24) is 10.2 Å². The van der Waals surface area contributed by atoms with E-state index in [-0.39, 0.29) is 23.9 Å². The Kier molecular flexibility index (Phi) is 9.32. The number of amides is 2. The monoisotopic (exact) mass is 557 g/mol. The van der Waals surface area contributed by atoms with Crippen molar-refractivity contribution in [3.05, 3.63) is 52.0 Å². The standard InChI is InChI=1S/C24H29Cl2N3O6S/c1-4-27-24(31)16(3)28(14-17-6-7-18(25)12-20(17)26)23(30)15-29(36(32,33)5-2)19-8-9-21-22(13-19)35-11-10-34-21/h6-9,12-13,16H,4-5,10-11,14-15H2,1-3H3,(H,27,31)/t16-/m0/s1. The molecule has 2 aromatic carbocycles. The molecule has 0 saturated carbocycles. The molecule has 1 N–H and O–H groups in total. The Labute approximate surface area is 221 Å². The van der Waals surface area contributed by atoms with Gasteiger partial charge in [-0.2, -0.15) is 0 Å². The number of rotatable bonds is 10. The second-order valence-electron chi connectivity index (χ2n) is 8.06. The summed E-state index contributed by atoms with van der Waals surface area (Å²) in [4.78, 5) is 27.6. The molecule has 2 aromatic rings. The molecule has 1 heterocycles. The average molecular weight is 558 g/mol. The average Bonchev–Trinajstić information content (AvgIpc) is 2.86. The van der Waals surface area contributed by atoms with E-state index >= 15 is 0 Å². The van der Waals surface area contributed by atoms with Gasteiger partial charge in [0.05, 0.1) is 11.4 Å². The molecule has 0 saturated heterocycles. The number of carbonyl (C=O) groups excluding carboxylic acids is 2. The Morgan fingerprint density at radius 3 is 2.39 bits per heavy atom. The van der Waals surface area contributed by atoms with Gasteiger partial charge in [0, 0.05) is 29.2 Å². The number of sulfonamides is 1. The molecular weight excluding hydrogens is 529 g/mol. The molecule has 0 radical (unpaired) electrons. The van der Waals surface area contributed by atoms with Crippen molar-refractivity contribution < 1.29 is 27.5 Å². The van der Waals surface area contributed by atoms with E-state index in [4.69, 9.17) is 32.7 Å². The summed E-state index contributed by atoms with van der Waals surface area (Å²) in [5.41, 5.74) is 0.819. The molecule has 9 nitrogen and oxygen atoms in total. The second-order valence-corrected chi connectivity index (χ2v) is 11.1. The second kappa shape index (κ2) is 12.0. The fourth-order valence-corrected chi connectivity index (χ4v) is 5.17. The van der Waals surface area contributed by atoms with Gasteiger partial charge in [0.2, 0.25) is 21.8 Å². The number of likely N-dealkylation sites (N-methyl/N-ethyl adjacent to an activating group) is 1. The Balaban J connectivity index is 1.96. The van der Waals surface area contributed by atoms with Crippen LogP contribution >= 0.6 is 23.2 Å². The fraction of sp³-hybridized carbons (Fsp3) is 0.417. The first kappa shape index (κ1) is 27.9. The van der Waals surface area contributed by atoms with Crippen LogP contribution in [0.1, 0.15) is 26.3 Å². The van der Waals surface area contributed by atoms with Crippen molar-refractivity contribution in [2.24, 2.45) is 0 Å². The fourth-order valence-electron chi connectivity index (χ4n) is 3.64. The summed E-state index contributed by atoms with van der Waals surface area (Å²) in [7, 11) is -3.87. The summed E-state index contributed by atoms with van der Waals surface area (Å²) < 4.78 is 38.2. The molecule has 2 amide bonds. The van der Waals surface area contributed by atoms with Crippen LogP contribution in [0.2, 0.25) is 10.0 Å². The molecular formula is C24H29Cl2N3O6S. The number of benzene rings is 2. The first-order valence-electron chi connectivity index (χ1n) is 11.5. The molecule has 1 aliphatic heterocycles. The van der Waals surface area contributed by atoms with E-state index in [1.54, 1.807) is 44.2 Å². The number of hydrogen-bond acceptors (Lipinski definition) is 6. The molecule has 0 aromatic heterocycles. The van der Waals surface area contributed by atoms with Crippen LogP contribution in [-0.4, -0.2) is 63.2 Å². The normalized spacial score (nSPS) is 13.6. The molecule has 0 fully saturated rings. The molecule has 0 aliphatic carbocycles. The highest BCUT2D eigenvalue weighted by molar-refractivity contribution is 7.92. The molecule has 0 unspecified atom stereocenters. The summed E-state index contributed by atoms with van der Waals surface area (Å²) >= 11 is 12.3. The molecule has 0 bridgehead atoms. The van der Waals surface area contributed by atoms with Crippen LogP contribution in [0.25, 0.3) is 0 Å². The summed E-state index contributed by atoms with van der Waals surface area (Å²) in [5.74, 6) is -0.298. The third kappa shape index (κ3) is 6.54. The first-order chi connectivity index (χ1) is 17.1. The van der Waals surface area contributed by atoms with E-state index < -0.39 is 28.5 Å². The Bertz CT molecular complexity index is 1220. The zero-order chi connectivity index (χ0) is 26.5. The summed E-state index contributed by atoms with van der Waals surface area (Å²) in [6, 6.07) is 8.64. The number of halogens is 2. The number of hydrogen-bond donors (Lipinski definition) is 1. The minimum Gasteiger partial charge on any atom is -0.486 e. The van der Waals surface area contributed by atoms with Crippen molar-refractivity contribution >= 4 is 50.7 Å². The van der Waals surface area contributed by atoms with Gasteiger partial charge in [-0.05, 0) is 50.6 Å². The van der Waals surface area contributed by atoms with Gasteiger partial charge in [-0.1, -0.05) is 29.3 Å². The third-order valence-electron chi connectivity index (χ3n) is 5.67. The van der Waals surface area contributed by atoms with Crippen LogP contribution < -0.4 is 19.1 Å². The molecule has 1 aliphatic rings. The first-order valence-corrected chi connectivity index (χ1v) is 13.8. The lowest BCUT2D eigenvalue weighted by atomic mass is 10.1. The van der Waals surface area contributed by atoms with Crippen molar-refractivity contribution in [2.75, 3.05) is 36.4 Å². The topological polar surface area (TPSA) is 105 Å². The van der Waals surface area contributed by atoms with Crippen LogP contribution in [0.4, 0.5) is 5.69 Å². The van der Waals surface area contributed by atoms with Crippen LogP contribution in [0.3, 0.4) is 0 Å². The van der Waals surface area contributed by atoms with Crippen LogP contribution in [0, 0.1) is 0 Å². The Morgan fingerprint density at radius 2 is 1.75 bits per heavy atom. The molecule has 196 valence electrons. The maximum Gasteiger partial charge on any atom is 0.244 e. The van der Waals surface area contributed by atoms with Gasteiger partial charge >= 0.3 is 0 Å². The summed E-state index contributed by atoms with van der Waals surface area (Å²) in [5, 5.41) is 3.46. The Hall–Kier alpha value is -2.69. The van der Waals surface area contributed by atoms with E-state index in [0.29, 0.717) is 46.9 Å². The Morgan fingerprint density at radius 1 is 1.06 bits per heavy atom. The van der Waals surface area contributed by atoms with Crippen LogP contribution in [0.15, 0.2) is 36.4 Å². The number of ether oxygens (including phenoxy) is 2. The van der Waals surface area contributed by atoms with Crippen molar-refractivity contribution in [3.63, 3.8) is 0 Å². The van der Waals surface area contributed by atoms with Crippen LogP contribution in [0.5, 0.6) is 11.5 Å². The number of nitrogens with one attached hydrogen (secondary N) is 1. The van der Waals surface area contributed by atoms with E-state index in [1.807, 2.05) is 0 Å². The number of nitrogens with zero attached hydrogens (tertiary/aromatic N) is 2.